The van der Waals surface area contributed by atoms with Gasteiger partial charge in [0.2, 0.25) is 5.01 Å². The third kappa shape index (κ3) is 3.64. The maximum absolute atomic E-state index is 10.6. The first kappa shape index (κ1) is 12.3. The van der Waals surface area contributed by atoms with Crippen LogP contribution in [-0.4, -0.2) is 22.6 Å². The van der Waals surface area contributed by atoms with Gasteiger partial charge in [0.1, 0.15) is 0 Å². The fourth-order valence-electron chi connectivity index (χ4n) is 1.92. The normalized spacial score (nSPS) is 14.9. The van der Waals surface area contributed by atoms with Gasteiger partial charge < -0.3 is 10.4 Å². The molecule has 2 rings (SSSR count). The van der Waals surface area contributed by atoms with Gasteiger partial charge in [0.25, 0.3) is 0 Å². The number of nitrogens with one attached hydrogen (secondary N) is 1. The fraction of sp³-hybridized carbons (Fsp3) is 0.500. The summed E-state index contributed by atoms with van der Waals surface area (Å²) in [7, 11) is 0. The maximum Gasteiger partial charge on any atom is 0.365 e. The summed E-state index contributed by atoms with van der Waals surface area (Å²) in [5.74, 6) is -0.947. The predicted molar refractivity (Wildman–Crippen MR) is 67.3 cm³/mol. The van der Waals surface area contributed by atoms with Crippen molar-refractivity contribution in [3.05, 3.63) is 27.7 Å². The summed E-state index contributed by atoms with van der Waals surface area (Å²) in [6.07, 6.45) is 7.18. The molecule has 0 aliphatic heterocycles. The van der Waals surface area contributed by atoms with Crippen LogP contribution in [-0.2, 0) is 6.54 Å². The average molecular weight is 252 g/mol. The van der Waals surface area contributed by atoms with Crippen molar-refractivity contribution in [3.63, 3.8) is 0 Å². The van der Waals surface area contributed by atoms with Gasteiger partial charge in [-0.05, 0) is 32.2 Å². The zero-order valence-corrected chi connectivity index (χ0v) is 10.4. The molecule has 2 N–H and O–H groups in total. The van der Waals surface area contributed by atoms with Crippen molar-refractivity contribution in [1.29, 1.82) is 0 Å². The van der Waals surface area contributed by atoms with Crippen LogP contribution in [0.2, 0.25) is 0 Å². The Morgan fingerprint density at radius 3 is 3.12 bits per heavy atom. The number of carboxylic acids is 1. The Bertz CT molecular complexity index is 426. The SMILES string of the molecule is O=C(O)c1nc(CNCCC2=CCCC2)cs1. The van der Waals surface area contributed by atoms with Crippen molar-refractivity contribution in [2.24, 2.45) is 0 Å². The molecule has 0 fully saturated rings. The van der Waals surface area contributed by atoms with Crippen molar-refractivity contribution in [2.75, 3.05) is 6.54 Å². The zero-order chi connectivity index (χ0) is 12.1. The summed E-state index contributed by atoms with van der Waals surface area (Å²) in [6, 6.07) is 0. The lowest BCUT2D eigenvalue weighted by atomic mass is 10.2. The molecule has 17 heavy (non-hydrogen) atoms. The Balaban J connectivity index is 1.68. The molecule has 0 bridgehead atoms. The molecule has 1 aromatic heterocycles. The van der Waals surface area contributed by atoms with E-state index in [0.29, 0.717) is 6.54 Å². The minimum Gasteiger partial charge on any atom is -0.476 e. The highest BCUT2D eigenvalue weighted by Crippen LogP contribution is 2.19. The first-order valence-corrected chi connectivity index (χ1v) is 6.70. The number of carbonyl (C=O) groups is 1. The summed E-state index contributed by atoms with van der Waals surface area (Å²) in [5.41, 5.74) is 2.36. The highest BCUT2D eigenvalue weighted by Gasteiger charge is 2.08. The van der Waals surface area contributed by atoms with Crippen molar-refractivity contribution >= 4 is 17.3 Å². The number of hydrogen-bond acceptors (Lipinski definition) is 4. The number of hydrogen-bond donors (Lipinski definition) is 2. The Morgan fingerprint density at radius 2 is 2.47 bits per heavy atom. The molecule has 1 aromatic rings. The molecule has 0 saturated heterocycles. The van der Waals surface area contributed by atoms with Gasteiger partial charge in [0.05, 0.1) is 5.69 Å². The maximum atomic E-state index is 10.6. The smallest absolute Gasteiger partial charge is 0.365 e. The lowest BCUT2D eigenvalue weighted by Gasteiger charge is -2.03. The Kier molecular flexibility index (Phi) is 4.28. The molecule has 0 amide bonds. The molecule has 0 radical (unpaired) electrons. The molecule has 1 aliphatic carbocycles. The Hall–Kier alpha value is -1.20. The number of carboxylic acid groups (broad SMARTS) is 1. The van der Waals surface area contributed by atoms with Gasteiger partial charge in [-0.3, -0.25) is 0 Å². The predicted octanol–water partition coefficient (Wildman–Crippen LogP) is 2.43. The molecule has 0 spiro atoms. The second kappa shape index (κ2) is 5.93. The molecule has 5 heteroatoms. The van der Waals surface area contributed by atoms with E-state index in [1.807, 2.05) is 0 Å². The van der Waals surface area contributed by atoms with E-state index in [1.54, 1.807) is 11.0 Å². The van der Waals surface area contributed by atoms with E-state index < -0.39 is 5.97 Å². The molecular weight excluding hydrogens is 236 g/mol. The van der Waals surface area contributed by atoms with Gasteiger partial charge >= 0.3 is 5.97 Å². The third-order valence-corrected chi connectivity index (χ3v) is 3.68. The lowest BCUT2D eigenvalue weighted by molar-refractivity contribution is 0.0696. The van der Waals surface area contributed by atoms with Crippen LogP contribution < -0.4 is 5.32 Å². The van der Waals surface area contributed by atoms with Gasteiger partial charge in [-0.15, -0.1) is 11.3 Å². The second-order valence-electron chi connectivity index (χ2n) is 4.13. The van der Waals surface area contributed by atoms with Crippen LogP contribution in [0.15, 0.2) is 17.0 Å². The van der Waals surface area contributed by atoms with Gasteiger partial charge in [0.15, 0.2) is 0 Å². The summed E-state index contributed by atoms with van der Waals surface area (Å²) < 4.78 is 0. The third-order valence-electron chi connectivity index (χ3n) is 2.80. The number of allylic oxidation sites excluding steroid dienone is 1. The van der Waals surface area contributed by atoms with E-state index in [1.165, 1.54) is 30.6 Å². The Morgan fingerprint density at radius 1 is 1.59 bits per heavy atom. The molecular formula is C12H16N2O2S. The van der Waals surface area contributed by atoms with Crippen LogP contribution in [0.5, 0.6) is 0 Å². The van der Waals surface area contributed by atoms with Crippen molar-refractivity contribution in [3.8, 4) is 0 Å². The molecule has 4 nitrogen and oxygen atoms in total. The van der Waals surface area contributed by atoms with Crippen molar-refractivity contribution in [1.82, 2.24) is 10.3 Å². The molecule has 1 aliphatic rings. The van der Waals surface area contributed by atoms with Crippen LogP contribution >= 0.6 is 11.3 Å². The van der Waals surface area contributed by atoms with Crippen LogP contribution in [0.4, 0.5) is 0 Å². The van der Waals surface area contributed by atoms with Crippen molar-refractivity contribution < 1.29 is 9.90 Å². The topological polar surface area (TPSA) is 62.2 Å². The second-order valence-corrected chi connectivity index (χ2v) is 4.99. The van der Waals surface area contributed by atoms with E-state index in [9.17, 15) is 4.79 Å². The van der Waals surface area contributed by atoms with Crippen LogP contribution in [0, 0.1) is 0 Å². The Labute approximate surface area is 104 Å². The lowest BCUT2D eigenvalue weighted by Crippen LogP contribution is -2.15. The van der Waals surface area contributed by atoms with E-state index in [2.05, 4.69) is 16.4 Å². The summed E-state index contributed by atoms with van der Waals surface area (Å²) in [5, 5.41) is 14.0. The molecule has 0 atom stereocenters. The standard InChI is InChI=1S/C12H16N2O2S/c15-12(16)11-14-10(8-17-11)7-13-6-5-9-3-1-2-4-9/h3,8,13H,1-2,4-7H2,(H,15,16). The molecule has 0 unspecified atom stereocenters. The van der Waals surface area contributed by atoms with Crippen LogP contribution in [0.25, 0.3) is 0 Å². The van der Waals surface area contributed by atoms with Crippen LogP contribution in [0.1, 0.15) is 41.2 Å². The summed E-state index contributed by atoms with van der Waals surface area (Å²) >= 11 is 1.18. The molecule has 0 saturated carbocycles. The highest BCUT2D eigenvalue weighted by atomic mass is 32.1. The van der Waals surface area contributed by atoms with Crippen molar-refractivity contribution in [2.45, 2.75) is 32.2 Å². The monoisotopic (exact) mass is 252 g/mol. The minimum atomic E-state index is -0.947. The van der Waals surface area contributed by atoms with E-state index in [-0.39, 0.29) is 5.01 Å². The number of rotatable bonds is 6. The van der Waals surface area contributed by atoms with Gasteiger partial charge in [-0.1, -0.05) is 11.6 Å². The highest BCUT2D eigenvalue weighted by molar-refractivity contribution is 7.11. The van der Waals surface area contributed by atoms with E-state index in [0.717, 1.165) is 18.7 Å². The van der Waals surface area contributed by atoms with E-state index >= 15 is 0 Å². The van der Waals surface area contributed by atoms with E-state index in [4.69, 9.17) is 5.11 Å². The number of aromatic nitrogens is 1. The summed E-state index contributed by atoms with van der Waals surface area (Å²) in [4.78, 5) is 14.7. The molecule has 0 aromatic carbocycles. The number of nitrogens with zero attached hydrogens (tertiary/aromatic N) is 1. The zero-order valence-electron chi connectivity index (χ0n) is 9.61. The minimum absolute atomic E-state index is 0.167. The molecule has 92 valence electrons. The average Bonchev–Trinajstić information content (AvgIpc) is 2.96. The quantitative estimate of drug-likeness (QED) is 0.603. The molecule has 1 heterocycles. The van der Waals surface area contributed by atoms with Crippen LogP contribution in [0.3, 0.4) is 0 Å². The van der Waals surface area contributed by atoms with Gasteiger partial charge in [-0.25, -0.2) is 9.78 Å². The first-order valence-electron chi connectivity index (χ1n) is 5.82. The van der Waals surface area contributed by atoms with Gasteiger partial charge in [0, 0.05) is 11.9 Å². The van der Waals surface area contributed by atoms with Gasteiger partial charge in [-0.2, -0.15) is 0 Å². The number of aromatic carboxylic acids is 1. The first-order chi connectivity index (χ1) is 8.25. The fourth-order valence-corrected chi connectivity index (χ4v) is 2.57. The summed E-state index contributed by atoms with van der Waals surface area (Å²) in [6.45, 7) is 1.59. The number of thiazole rings is 1. The largest absolute Gasteiger partial charge is 0.476 e.